The van der Waals surface area contributed by atoms with Crippen molar-refractivity contribution < 1.29 is 0 Å². The molecule has 2 rings (SSSR count). The fourth-order valence-electron chi connectivity index (χ4n) is 2.68. The van der Waals surface area contributed by atoms with Crippen molar-refractivity contribution in [2.24, 2.45) is 7.05 Å². The van der Waals surface area contributed by atoms with Gasteiger partial charge in [0.15, 0.2) is 0 Å². The molecule has 0 aliphatic rings. The summed E-state index contributed by atoms with van der Waals surface area (Å²) in [6.07, 6.45) is 5.82. The first kappa shape index (κ1) is 14.7. The average molecular weight is 272 g/mol. The normalized spacial score (nSPS) is 12.6. The topological polar surface area (TPSA) is 42.7 Å². The van der Waals surface area contributed by atoms with Crippen LogP contribution in [0.3, 0.4) is 0 Å². The first-order chi connectivity index (χ1) is 9.65. The second-order valence-corrected chi connectivity index (χ2v) is 5.14. The van der Waals surface area contributed by atoms with Crippen LogP contribution in [0, 0.1) is 6.92 Å². The van der Waals surface area contributed by atoms with Gasteiger partial charge >= 0.3 is 0 Å². The van der Waals surface area contributed by atoms with Gasteiger partial charge in [0.2, 0.25) is 0 Å². The van der Waals surface area contributed by atoms with Gasteiger partial charge in [0.05, 0.1) is 5.69 Å². The zero-order valence-electron chi connectivity index (χ0n) is 12.8. The first-order valence-electron chi connectivity index (χ1n) is 7.31. The summed E-state index contributed by atoms with van der Waals surface area (Å²) in [4.78, 5) is 4.24. The van der Waals surface area contributed by atoms with Crippen LogP contribution in [0.1, 0.15) is 42.4 Å². The SMILES string of the molecule is CCNC(Cc1cc(C)nn1C)c1ccncc1CC. The number of nitrogens with one attached hydrogen (secondary N) is 1. The van der Waals surface area contributed by atoms with Crippen LogP contribution in [0.4, 0.5) is 0 Å². The van der Waals surface area contributed by atoms with Crippen molar-refractivity contribution in [1.82, 2.24) is 20.1 Å². The number of aromatic nitrogens is 3. The number of nitrogens with zero attached hydrogens (tertiary/aromatic N) is 3. The van der Waals surface area contributed by atoms with Crippen molar-refractivity contribution in [3.63, 3.8) is 0 Å². The molecule has 0 aliphatic heterocycles. The van der Waals surface area contributed by atoms with E-state index in [9.17, 15) is 0 Å². The molecule has 1 N–H and O–H groups in total. The molecule has 0 aromatic carbocycles. The maximum Gasteiger partial charge on any atom is 0.0596 e. The van der Waals surface area contributed by atoms with Crippen LogP contribution >= 0.6 is 0 Å². The Bertz CT molecular complexity index is 559. The van der Waals surface area contributed by atoms with E-state index in [4.69, 9.17) is 0 Å². The molecule has 2 aromatic heterocycles. The Labute approximate surface area is 121 Å². The fraction of sp³-hybridized carbons (Fsp3) is 0.500. The smallest absolute Gasteiger partial charge is 0.0596 e. The maximum absolute atomic E-state index is 4.44. The molecular formula is C16H24N4. The monoisotopic (exact) mass is 272 g/mol. The molecule has 4 heteroatoms. The Morgan fingerprint density at radius 1 is 1.35 bits per heavy atom. The second kappa shape index (κ2) is 6.66. The lowest BCUT2D eigenvalue weighted by Crippen LogP contribution is -2.25. The van der Waals surface area contributed by atoms with Crippen LogP contribution in [-0.2, 0) is 19.9 Å². The Morgan fingerprint density at radius 3 is 2.75 bits per heavy atom. The summed E-state index contributed by atoms with van der Waals surface area (Å²) in [6, 6.07) is 4.61. The number of hydrogen-bond donors (Lipinski definition) is 1. The van der Waals surface area contributed by atoms with E-state index in [2.05, 4.69) is 41.4 Å². The number of hydrogen-bond acceptors (Lipinski definition) is 3. The average Bonchev–Trinajstić information content (AvgIpc) is 2.76. The van der Waals surface area contributed by atoms with E-state index in [0.29, 0.717) is 6.04 Å². The summed E-state index contributed by atoms with van der Waals surface area (Å²) in [7, 11) is 2.01. The third-order valence-corrected chi connectivity index (χ3v) is 3.66. The van der Waals surface area contributed by atoms with Crippen molar-refractivity contribution in [2.75, 3.05) is 6.54 Å². The van der Waals surface area contributed by atoms with Gasteiger partial charge in [-0.3, -0.25) is 9.67 Å². The van der Waals surface area contributed by atoms with Crippen molar-refractivity contribution in [3.8, 4) is 0 Å². The standard InChI is InChI=1S/C16H24N4/c1-5-13-11-17-8-7-15(13)16(18-6-2)10-14-9-12(3)19-20(14)4/h7-9,11,16,18H,5-6,10H2,1-4H3. The Hall–Kier alpha value is -1.68. The van der Waals surface area contributed by atoms with Crippen molar-refractivity contribution in [2.45, 2.75) is 39.7 Å². The third-order valence-electron chi connectivity index (χ3n) is 3.66. The predicted molar refractivity (Wildman–Crippen MR) is 81.7 cm³/mol. The number of aryl methyl sites for hydroxylation is 3. The summed E-state index contributed by atoms with van der Waals surface area (Å²) in [5.41, 5.74) is 5.00. The van der Waals surface area contributed by atoms with Gasteiger partial charge in [-0.2, -0.15) is 5.10 Å². The molecule has 0 bridgehead atoms. The fourth-order valence-corrected chi connectivity index (χ4v) is 2.68. The molecule has 0 aliphatic carbocycles. The van der Waals surface area contributed by atoms with E-state index in [0.717, 1.165) is 25.1 Å². The minimum absolute atomic E-state index is 0.313. The van der Waals surface area contributed by atoms with E-state index in [-0.39, 0.29) is 0 Å². The molecule has 0 spiro atoms. The molecular weight excluding hydrogens is 248 g/mol. The second-order valence-electron chi connectivity index (χ2n) is 5.14. The van der Waals surface area contributed by atoms with Gasteiger partial charge in [-0.05, 0) is 43.1 Å². The van der Waals surface area contributed by atoms with Crippen LogP contribution in [0.5, 0.6) is 0 Å². The van der Waals surface area contributed by atoms with Gasteiger partial charge in [-0.1, -0.05) is 13.8 Å². The van der Waals surface area contributed by atoms with E-state index < -0.39 is 0 Å². The van der Waals surface area contributed by atoms with Gasteiger partial charge < -0.3 is 5.32 Å². The number of pyridine rings is 1. The zero-order valence-corrected chi connectivity index (χ0v) is 12.8. The summed E-state index contributed by atoms with van der Waals surface area (Å²) < 4.78 is 1.98. The summed E-state index contributed by atoms with van der Waals surface area (Å²) in [5, 5.41) is 8.03. The van der Waals surface area contributed by atoms with Crippen molar-refractivity contribution in [3.05, 3.63) is 47.0 Å². The molecule has 20 heavy (non-hydrogen) atoms. The van der Waals surface area contributed by atoms with E-state index in [1.807, 2.05) is 31.0 Å². The molecule has 2 heterocycles. The lowest BCUT2D eigenvalue weighted by molar-refractivity contribution is 0.525. The highest BCUT2D eigenvalue weighted by Crippen LogP contribution is 2.22. The molecule has 0 amide bonds. The predicted octanol–water partition coefficient (Wildman–Crippen LogP) is 2.58. The Morgan fingerprint density at radius 2 is 2.15 bits per heavy atom. The summed E-state index contributed by atoms with van der Waals surface area (Å²) in [5.74, 6) is 0. The van der Waals surface area contributed by atoms with Crippen molar-refractivity contribution in [1.29, 1.82) is 0 Å². The number of rotatable bonds is 6. The Kier molecular flexibility index (Phi) is 4.90. The highest BCUT2D eigenvalue weighted by Gasteiger charge is 2.16. The van der Waals surface area contributed by atoms with Gasteiger partial charge in [-0.15, -0.1) is 0 Å². The van der Waals surface area contributed by atoms with E-state index in [1.54, 1.807) is 0 Å². The molecule has 0 fully saturated rings. The minimum Gasteiger partial charge on any atom is -0.310 e. The molecule has 1 atom stereocenters. The van der Waals surface area contributed by atoms with Gasteiger partial charge in [-0.25, -0.2) is 0 Å². The maximum atomic E-state index is 4.44. The molecule has 0 radical (unpaired) electrons. The largest absolute Gasteiger partial charge is 0.310 e. The van der Waals surface area contributed by atoms with Crippen LogP contribution in [0.15, 0.2) is 24.5 Å². The van der Waals surface area contributed by atoms with Crippen molar-refractivity contribution >= 4 is 0 Å². The molecule has 4 nitrogen and oxygen atoms in total. The first-order valence-corrected chi connectivity index (χ1v) is 7.31. The quantitative estimate of drug-likeness (QED) is 0.879. The van der Waals surface area contributed by atoms with Crippen LogP contribution in [-0.4, -0.2) is 21.3 Å². The van der Waals surface area contributed by atoms with Gasteiger partial charge in [0.1, 0.15) is 0 Å². The molecule has 0 saturated carbocycles. The molecule has 108 valence electrons. The summed E-state index contributed by atoms with van der Waals surface area (Å²) >= 11 is 0. The third kappa shape index (κ3) is 3.25. The number of likely N-dealkylation sites (N-methyl/N-ethyl adjacent to an activating group) is 1. The van der Waals surface area contributed by atoms with Crippen LogP contribution in [0.2, 0.25) is 0 Å². The Balaban J connectivity index is 2.29. The molecule has 1 unspecified atom stereocenters. The highest BCUT2D eigenvalue weighted by atomic mass is 15.3. The van der Waals surface area contributed by atoms with Crippen LogP contribution in [0.25, 0.3) is 0 Å². The minimum atomic E-state index is 0.313. The van der Waals surface area contributed by atoms with Crippen LogP contribution < -0.4 is 5.32 Å². The molecule has 2 aromatic rings. The molecule has 0 saturated heterocycles. The van der Waals surface area contributed by atoms with E-state index in [1.165, 1.54) is 16.8 Å². The zero-order chi connectivity index (χ0) is 14.5. The lowest BCUT2D eigenvalue weighted by Gasteiger charge is -2.21. The highest BCUT2D eigenvalue weighted by molar-refractivity contribution is 5.28. The van der Waals surface area contributed by atoms with Gasteiger partial charge in [0, 0.05) is 37.6 Å². The van der Waals surface area contributed by atoms with E-state index >= 15 is 0 Å². The lowest BCUT2D eigenvalue weighted by atomic mass is 9.97. The van der Waals surface area contributed by atoms with Gasteiger partial charge in [0.25, 0.3) is 0 Å². The summed E-state index contributed by atoms with van der Waals surface area (Å²) in [6.45, 7) is 7.31.